The molecule has 80 valence electrons. The maximum absolute atomic E-state index is 8.59. The minimum Gasteiger partial charge on any atom is -0.396 e. The summed E-state index contributed by atoms with van der Waals surface area (Å²) >= 11 is 0. The van der Waals surface area contributed by atoms with E-state index in [1.165, 1.54) is 0 Å². The van der Waals surface area contributed by atoms with Crippen LogP contribution in [0.2, 0.25) is 0 Å². The molecule has 0 spiro atoms. The van der Waals surface area contributed by atoms with Gasteiger partial charge in [-0.1, -0.05) is 26.7 Å². The molecule has 1 atom stereocenters. The summed E-state index contributed by atoms with van der Waals surface area (Å²) in [7, 11) is 0. The van der Waals surface area contributed by atoms with Gasteiger partial charge in [0.05, 0.1) is 6.10 Å². The van der Waals surface area contributed by atoms with Crippen LogP contribution in [0.5, 0.6) is 0 Å². The lowest BCUT2D eigenvalue weighted by atomic mass is 9.96. The largest absolute Gasteiger partial charge is 0.396 e. The molecule has 0 saturated heterocycles. The normalized spacial score (nSPS) is 13.6. The smallest absolute Gasteiger partial charge is 0.0725 e. The number of hydrogen-bond donors (Lipinski definition) is 2. The van der Waals surface area contributed by atoms with Crippen LogP contribution >= 0.6 is 0 Å². The Kier molecular flexibility index (Phi) is 8.40. The SMILES string of the molecule is CCC(CC)C(CN)OCCCO. The van der Waals surface area contributed by atoms with E-state index in [1.54, 1.807) is 0 Å². The first-order chi connectivity index (χ1) is 6.29. The Balaban J connectivity index is 3.71. The summed E-state index contributed by atoms with van der Waals surface area (Å²) < 4.78 is 5.59. The predicted octanol–water partition coefficient (Wildman–Crippen LogP) is 1.15. The van der Waals surface area contributed by atoms with Crippen LogP contribution in [0.4, 0.5) is 0 Å². The van der Waals surface area contributed by atoms with Gasteiger partial charge in [0.15, 0.2) is 0 Å². The van der Waals surface area contributed by atoms with Gasteiger partial charge in [-0.25, -0.2) is 0 Å². The molecule has 3 N–H and O–H groups in total. The third-order valence-electron chi connectivity index (χ3n) is 2.44. The summed E-state index contributed by atoms with van der Waals surface area (Å²) in [4.78, 5) is 0. The van der Waals surface area contributed by atoms with Gasteiger partial charge in [0.1, 0.15) is 0 Å². The Bertz CT molecular complexity index is 105. The minimum absolute atomic E-state index is 0.168. The Morgan fingerprint density at radius 1 is 1.31 bits per heavy atom. The molecular formula is C10H23NO2. The molecule has 3 heteroatoms. The van der Waals surface area contributed by atoms with Gasteiger partial charge in [0.25, 0.3) is 0 Å². The van der Waals surface area contributed by atoms with E-state index in [0.717, 1.165) is 12.8 Å². The van der Waals surface area contributed by atoms with Gasteiger partial charge in [-0.2, -0.15) is 0 Å². The third-order valence-corrected chi connectivity index (χ3v) is 2.44. The van der Waals surface area contributed by atoms with Crippen molar-refractivity contribution in [2.75, 3.05) is 19.8 Å². The number of ether oxygens (including phenoxy) is 1. The maximum atomic E-state index is 8.59. The second-order valence-electron chi connectivity index (χ2n) is 3.30. The lowest BCUT2D eigenvalue weighted by molar-refractivity contribution is 0.00935. The summed E-state index contributed by atoms with van der Waals surface area (Å²) in [5, 5.41) is 8.59. The zero-order valence-electron chi connectivity index (χ0n) is 8.83. The lowest BCUT2D eigenvalue weighted by Gasteiger charge is -2.24. The van der Waals surface area contributed by atoms with Crippen LogP contribution < -0.4 is 5.73 Å². The van der Waals surface area contributed by atoms with E-state index in [2.05, 4.69) is 13.8 Å². The Morgan fingerprint density at radius 2 is 1.92 bits per heavy atom. The quantitative estimate of drug-likeness (QED) is 0.563. The van der Waals surface area contributed by atoms with Gasteiger partial charge in [0.2, 0.25) is 0 Å². The van der Waals surface area contributed by atoms with E-state index in [-0.39, 0.29) is 12.7 Å². The summed E-state index contributed by atoms with van der Waals surface area (Å²) in [5.74, 6) is 0.559. The van der Waals surface area contributed by atoms with E-state index in [4.69, 9.17) is 15.6 Å². The zero-order valence-corrected chi connectivity index (χ0v) is 8.83. The first kappa shape index (κ1) is 12.9. The van der Waals surface area contributed by atoms with E-state index < -0.39 is 0 Å². The van der Waals surface area contributed by atoms with E-state index >= 15 is 0 Å². The average Bonchev–Trinajstić information content (AvgIpc) is 2.17. The van der Waals surface area contributed by atoms with Crippen molar-refractivity contribution in [1.82, 2.24) is 0 Å². The monoisotopic (exact) mass is 189 g/mol. The fourth-order valence-corrected chi connectivity index (χ4v) is 1.51. The molecule has 0 aromatic carbocycles. The van der Waals surface area contributed by atoms with E-state index in [9.17, 15) is 0 Å². The van der Waals surface area contributed by atoms with Crippen molar-refractivity contribution >= 4 is 0 Å². The van der Waals surface area contributed by atoms with Crippen molar-refractivity contribution in [3.05, 3.63) is 0 Å². The van der Waals surface area contributed by atoms with Crippen LogP contribution in [-0.2, 0) is 4.74 Å². The van der Waals surface area contributed by atoms with Crippen molar-refractivity contribution in [2.24, 2.45) is 11.7 Å². The topological polar surface area (TPSA) is 55.5 Å². The highest BCUT2D eigenvalue weighted by molar-refractivity contribution is 4.68. The van der Waals surface area contributed by atoms with E-state index in [1.807, 2.05) is 0 Å². The molecule has 0 aliphatic rings. The summed E-state index contributed by atoms with van der Waals surface area (Å²) in [6.07, 6.45) is 3.09. The standard InChI is InChI=1S/C10H23NO2/c1-3-9(4-2)10(8-11)13-7-5-6-12/h9-10,12H,3-8,11H2,1-2H3. The fraction of sp³-hybridized carbons (Fsp3) is 1.00. The molecule has 1 unspecified atom stereocenters. The molecule has 0 aromatic rings. The molecule has 0 amide bonds. The third kappa shape index (κ3) is 5.24. The highest BCUT2D eigenvalue weighted by atomic mass is 16.5. The van der Waals surface area contributed by atoms with Crippen LogP contribution in [0.3, 0.4) is 0 Å². The molecule has 0 heterocycles. The number of aliphatic hydroxyl groups is 1. The molecule has 0 bridgehead atoms. The van der Waals surface area contributed by atoms with Gasteiger partial charge in [0, 0.05) is 19.8 Å². The first-order valence-electron chi connectivity index (χ1n) is 5.22. The van der Waals surface area contributed by atoms with Crippen molar-refractivity contribution in [3.8, 4) is 0 Å². The van der Waals surface area contributed by atoms with Crippen LogP contribution in [0.15, 0.2) is 0 Å². The van der Waals surface area contributed by atoms with E-state index in [0.29, 0.717) is 25.5 Å². The Hall–Kier alpha value is -0.120. The average molecular weight is 189 g/mol. The van der Waals surface area contributed by atoms with Crippen LogP contribution in [-0.4, -0.2) is 31.0 Å². The Labute approximate surface area is 81.3 Å². The van der Waals surface area contributed by atoms with Crippen molar-refractivity contribution < 1.29 is 9.84 Å². The number of rotatable bonds is 8. The molecular weight excluding hydrogens is 166 g/mol. The van der Waals surface area contributed by atoms with Gasteiger partial charge < -0.3 is 15.6 Å². The predicted molar refractivity (Wildman–Crippen MR) is 54.6 cm³/mol. The van der Waals surface area contributed by atoms with Crippen LogP contribution in [0.25, 0.3) is 0 Å². The van der Waals surface area contributed by atoms with Crippen LogP contribution in [0, 0.1) is 5.92 Å². The highest BCUT2D eigenvalue weighted by Crippen LogP contribution is 2.15. The number of hydrogen-bond acceptors (Lipinski definition) is 3. The van der Waals surface area contributed by atoms with Crippen molar-refractivity contribution in [3.63, 3.8) is 0 Å². The molecule has 0 aliphatic heterocycles. The molecule has 0 aromatic heterocycles. The molecule has 0 aliphatic carbocycles. The molecule has 0 rings (SSSR count). The van der Waals surface area contributed by atoms with Gasteiger partial charge in [-0.05, 0) is 12.3 Å². The zero-order chi connectivity index (χ0) is 10.1. The minimum atomic E-state index is 0.168. The highest BCUT2D eigenvalue weighted by Gasteiger charge is 2.16. The molecule has 13 heavy (non-hydrogen) atoms. The number of aliphatic hydroxyl groups excluding tert-OH is 1. The van der Waals surface area contributed by atoms with Gasteiger partial charge in [-0.3, -0.25) is 0 Å². The van der Waals surface area contributed by atoms with Crippen molar-refractivity contribution in [1.29, 1.82) is 0 Å². The van der Waals surface area contributed by atoms with Crippen LogP contribution in [0.1, 0.15) is 33.1 Å². The van der Waals surface area contributed by atoms with Gasteiger partial charge >= 0.3 is 0 Å². The summed E-state index contributed by atoms with van der Waals surface area (Å²) in [6.45, 7) is 5.71. The fourth-order valence-electron chi connectivity index (χ4n) is 1.51. The summed E-state index contributed by atoms with van der Waals surface area (Å²) in [6, 6.07) is 0. The summed E-state index contributed by atoms with van der Waals surface area (Å²) in [5.41, 5.74) is 5.62. The molecule has 0 fully saturated rings. The molecule has 3 nitrogen and oxygen atoms in total. The van der Waals surface area contributed by atoms with Crippen molar-refractivity contribution in [2.45, 2.75) is 39.2 Å². The lowest BCUT2D eigenvalue weighted by Crippen LogP contribution is -2.32. The molecule has 0 saturated carbocycles. The Morgan fingerprint density at radius 3 is 2.31 bits per heavy atom. The first-order valence-corrected chi connectivity index (χ1v) is 5.22. The van der Waals surface area contributed by atoms with Gasteiger partial charge in [-0.15, -0.1) is 0 Å². The number of nitrogens with two attached hydrogens (primary N) is 1. The maximum Gasteiger partial charge on any atom is 0.0725 e. The second kappa shape index (κ2) is 8.48. The molecule has 0 radical (unpaired) electrons. The second-order valence-corrected chi connectivity index (χ2v) is 3.30.